The molecule has 0 heterocycles. The quantitative estimate of drug-likeness (QED) is 0.110. The summed E-state index contributed by atoms with van der Waals surface area (Å²) in [6, 6.07) is 6.37. The van der Waals surface area contributed by atoms with Gasteiger partial charge in [-0.15, -0.1) is 0 Å². The number of unbranched alkanes of at least 4 members (excludes halogenated alkanes) is 14. The van der Waals surface area contributed by atoms with Gasteiger partial charge < -0.3 is 5.32 Å². The van der Waals surface area contributed by atoms with E-state index in [1.165, 1.54) is 83.5 Å². The Morgan fingerprint density at radius 3 is 1.68 bits per heavy atom. The third-order valence-corrected chi connectivity index (χ3v) is 5.56. The van der Waals surface area contributed by atoms with Gasteiger partial charge in [0.2, 0.25) is 11.8 Å². The van der Waals surface area contributed by atoms with Crippen LogP contribution >= 0.6 is 0 Å². The molecule has 0 saturated heterocycles. The van der Waals surface area contributed by atoms with Gasteiger partial charge in [0.05, 0.1) is 0 Å². The van der Waals surface area contributed by atoms with Gasteiger partial charge in [0.15, 0.2) is 0 Å². The molecule has 1 aromatic carbocycles. The van der Waals surface area contributed by atoms with E-state index in [2.05, 4.69) is 22.3 Å². The van der Waals surface area contributed by atoms with Crippen LogP contribution in [-0.4, -0.2) is 11.8 Å². The van der Waals surface area contributed by atoms with Crippen molar-refractivity contribution in [3.8, 4) is 0 Å². The fourth-order valence-electron chi connectivity index (χ4n) is 3.67. The summed E-state index contributed by atoms with van der Waals surface area (Å²) in [6.07, 6.45) is 20.1. The Hall–Kier alpha value is -2.33. The lowest BCUT2D eigenvalue weighted by atomic mass is 10.0. The van der Waals surface area contributed by atoms with Gasteiger partial charge in [-0.2, -0.15) is 0 Å². The summed E-state index contributed by atoms with van der Waals surface area (Å²) in [6.45, 7) is 2.27. The monoisotopic (exact) mass is 428 g/mol. The lowest BCUT2D eigenvalue weighted by Crippen LogP contribution is -2.11. The molecular weight excluding hydrogens is 388 g/mol. The third-order valence-electron chi connectivity index (χ3n) is 5.56. The van der Waals surface area contributed by atoms with Crippen LogP contribution in [-0.2, 0) is 4.79 Å². The zero-order chi connectivity index (χ0) is 22.6. The zero-order valence-electron chi connectivity index (χ0n) is 19.3. The minimum Gasteiger partial charge on any atom is -0.326 e. The number of amides is 2. The molecule has 6 heteroatoms. The maximum Gasteiger partial charge on any atom is 0.249 e. The number of carbonyl (C=O) groups is 2. The summed E-state index contributed by atoms with van der Waals surface area (Å²) < 4.78 is 0. The summed E-state index contributed by atoms with van der Waals surface area (Å²) in [5.41, 5.74) is 9.23. The van der Waals surface area contributed by atoms with Crippen molar-refractivity contribution in [2.45, 2.75) is 110 Å². The zero-order valence-corrected chi connectivity index (χ0v) is 19.3. The van der Waals surface area contributed by atoms with E-state index >= 15 is 0 Å². The molecule has 0 aliphatic carbocycles. The van der Waals surface area contributed by atoms with Crippen LogP contribution in [0.1, 0.15) is 120 Å². The Kier molecular flexibility index (Phi) is 15.9. The second kappa shape index (κ2) is 18.4. The van der Waals surface area contributed by atoms with Gasteiger partial charge in [0.1, 0.15) is 0 Å². The standard InChI is InChI=1S/C25H40N4O2/c1-2-3-4-5-6-7-8-9-10-11-12-13-14-15-16-17-24(30)27-23-20-18-22(19-21-23)25(31)28-29-26/h18-21H,2-17H2,1H3,(H,27,30). The number of azide groups is 1. The molecule has 1 aromatic rings. The predicted octanol–water partition coefficient (Wildman–Crippen LogP) is 8.34. The lowest BCUT2D eigenvalue weighted by Gasteiger charge is -2.06. The van der Waals surface area contributed by atoms with Gasteiger partial charge in [-0.1, -0.05) is 96.8 Å². The van der Waals surface area contributed by atoms with Crippen molar-refractivity contribution in [3.05, 3.63) is 40.3 Å². The molecule has 0 aliphatic rings. The van der Waals surface area contributed by atoms with Crippen LogP contribution in [0, 0.1) is 0 Å². The van der Waals surface area contributed by atoms with E-state index in [1.54, 1.807) is 24.3 Å². The van der Waals surface area contributed by atoms with Crippen LogP contribution in [0.25, 0.3) is 10.4 Å². The molecule has 0 saturated carbocycles. The highest BCUT2D eigenvalue weighted by Crippen LogP contribution is 2.15. The van der Waals surface area contributed by atoms with Gasteiger partial charge in [-0.3, -0.25) is 9.59 Å². The van der Waals surface area contributed by atoms with Gasteiger partial charge >= 0.3 is 0 Å². The van der Waals surface area contributed by atoms with Crippen LogP contribution in [0.4, 0.5) is 5.69 Å². The molecule has 0 bridgehead atoms. The fourth-order valence-corrected chi connectivity index (χ4v) is 3.67. The summed E-state index contributed by atoms with van der Waals surface area (Å²) in [5, 5.41) is 5.88. The minimum absolute atomic E-state index is 0.0104. The van der Waals surface area contributed by atoms with Crippen molar-refractivity contribution >= 4 is 17.5 Å². The maximum absolute atomic E-state index is 12.0. The Labute approximate surface area is 187 Å². The van der Waals surface area contributed by atoms with E-state index in [0.29, 0.717) is 17.7 Å². The molecule has 0 aliphatic heterocycles. The third kappa shape index (κ3) is 14.3. The van der Waals surface area contributed by atoms with Crippen LogP contribution in [0.15, 0.2) is 29.4 Å². The largest absolute Gasteiger partial charge is 0.326 e. The van der Waals surface area contributed by atoms with Gasteiger partial charge in [0, 0.05) is 22.6 Å². The molecular formula is C25H40N4O2. The molecule has 2 amide bonds. The first-order chi connectivity index (χ1) is 15.2. The Balaban J connectivity index is 1.95. The molecule has 6 nitrogen and oxygen atoms in total. The fraction of sp³-hybridized carbons (Fsp3) is 0.680. The molecule has 0 radical (unpaired) electrons. The number of hydrogen-bond donors (Lipinski definition) is 1. The summed E-state index contributed by atoms with van der Waals surface area (Å²) in [7, 11) is 0. The molecule has 1 rings (SSSR count). The van der Waals surface area contributed by atoms with Gasteiger partial charge in [0.25, 0.3) is 0 Å². The predicted molar refractivity (Wildman–Crippen MR) is 128 cm³/mol. The maximum atomic E-state index is 12.0. The van der Waals surface area contributed by atoms with Gasteiger partial charge in [-0.25, -0.2) is 0 Å². The van der Waals surface area contributed by atoms with Crippen LogP contribution in [0.2, 0.25) is 0 Å². The lowest BCUT2D eigenvalue weighted by molar-refractivity contribution is -0.116. The highest BCUT2D eigenvalue weighted by molar-refractivity contribution is 5.96. The summed E-state index contributed by atoms with van der Waals surface area (Å²) >= 11 is 0. The van der Waals surface area contributed by atoms with E-state index in [4.69, 9.17) is 5.53 Å². The van der Waals surface area contributed by atoms with Crippen molar-refractivity contribution in [3.63, 3.8) is 0 Å². The highest BCUT2D eigenvalue weighted by atomic mass is 16.2. The van der Waals surface area contributed by atoms with E-state index in [9.17, 15) is 9.59 Å². The van der Waals surface area contributed by atoms with Crippen molar-refractivity contribution in [1.82, 2.24) is 0 Å². The molecule has 0 spiro atoms. The summed E-state index contributed by atoms with van der Waals surface area (Å²) in [4.78, 5) is 25.9. The minimum atomic E-state index is -0.627. The average molecular weight is 429 g/mol. The van der Waals surface area contributed by atoms with E-state index in [0.717, 1.165) is 12.8 Å². The van der Waals surface area contributed by atoms with Gasteiger partial charge in [-0.05, 0) is 41.3 Å². The first-order valence-electron chi connectivity index (χ1n) is 12.2. The van der Waals surface area contributed by atoms with Crippen LogP contribution in [0.3, 0.4) is 0 Å². The Bertz CT molecular complexity index is 667. The molecule has 31 heavy (non-hydrogen) atoms. The number of carbonyl (C=O) groups excluding carboxylic acids is 2. The summed E-state index contributed by atoms with van der Waals surface area (Å²) in [5.74, 6) is -0.637. The molecule has 0 aromatic heterocycles. The second-order valence-electron chi connectivity index (χ2n) is 8.32. The molecule has 1 N–H and O–H groups in total. The van der Waals surface area contributed by atoms with Crippen molar-refractivity contribution in [2.24, 2.45) is 5.11 Å². The van der Waals surface area contributed by atoms with Crippen molar-refractivity contribution in [1.29, 1.82) is 0 Å². The molecule has 0 atom stereocenters. The normalized spacial score (nSPS) is 10.5. The number of rotatable bonds is 18. The number of nitrogens with one attached hydrogen (secondary N) is 1. The second-order valence-corrected chi connectivity index (χ2v) is 8.32. The number of anilines is 1. The molecule has 172 valence electrons. The SMILES string of the molecule is CCCCCCCCCCCCCCCCCC(=O)Nc1ccc(C(=O)N=[N+]=[N-])cc1. The topological polar surface area (TPSA) is 94.9 Å². The molecule has 0 unspecified atom stereocenters. The first kappa shape index (κ1) is 26.7. The Morgan fingerprint density at radius 1 is 0.774 bits per heavy atom. The number of hydrogen-bond acceptors (Lipinski definition) is 2. The van der Waals surface area contributed by atoms with E-state index in [1.807, 2.05) is 0 Å². The average Bonchev–Trinajstić information content (AvgIpc) is 2.77. The highest BCUT2D eigenvalue weighted by Gasteiger charge is 2.05. The number of benzene rings is 1. The molecule has 0 fully saturated rings. The Morgan fingerprint density at radius 2 is 1.23 bits per heavy atom. The van der Waals surface area contributed by atoms with E-state index < -0.39 is 5.91 Å². The van der Waals surface area contributed by atoms with Crippen molar-refractivity contribution < 1.29 is 9.59 Å². The van der Waals surface area contributed by atoms with E-state index in [-0.39, 0.29) is 5.91 Å². The van der Waals surface area contributed by atoms with Crippen molar-refractivity contribution in [2.75, 3.05) is 5.32 Å². The first-order valence-corrected chi connectivity index (χ1v) is 12.2. The van der Waals surface area contributed by atoms with Crippen LogP contribution < -0.4 is 5.32 Å². The smallest absolute Gasteiger partial charge is 0.249 e. The van der Waals surface area contributed by atoms with Crippen LogP contribution in [0.5, 0.6) is 0 Å². The number of nitrogens with zero attached hydrogens (tertiary/aromatic N) is 3.